The molecule has 214 valence electrons. The minimum Gasteiger partial charge on any atom is -0.490 e. The SMILES string of the molecule is C#CCCC(COc1ccccc1-c1ccccc1)OS(=O)OC(CCC#C)COc1ccccc1-c1ccccc1. The Morgan fingerprint density at radius 1 is 0.571 bits per heavy atom. The lowest BCUT2D eigenvalue weighted by molar-refractivity contribution is 0.0837. The van der Waals surface area contributed by atoms with E-state index in [2.05, 4.69) is 11.8 Å². The second-order valence-electron chi connectivity index (χ2n) is 9.47. The van der Waals surface area contributed by atoms with Crippen molar-refractivity contribution in [3.8, 4) is 58.4 Å². The minimum atomic E-state index is -2.08. The Morgan fingerprint density at radius 2 is 0.952 bits per heavy atom. The summed E-state index contributed by atoms with van der Waals surface area (Å²) in [5.41, 5.74) is 3.97. The van der Waals surface area contributed by atoms with Gasteiger partial charge in [-0.05, 0) is 36.1 Å². The maximum atomic E-state index is 13.0. The molecule has 4 aromatic carbocycles. The van der Waals surface area contributed by atoms with Gasteiger partial charge in [-0.3, -0.25) is 8.37 Å². The van der Waals surface area contributed by atoms with Crippen LogP contribution in [0.1, 0.15) is 25.7 Å². The number of hydrogen-bond acceptors (Lipinski definition) is 5. The highest BCUT2D eigenvalue weighted by atomic mass is 32.2. The van der Waals surface area contributed by atoms with E-state index in [9.17, 15) is 4.21 Å². The Kier molecular flexibility index (Phi) is 12.3. The van der Waals surface area contributed by atoms with Crippen LogP contribution in [0.25, 0.3) is 22.3 Å². The summed E-state index contributed by atoms with van der Waals surface area (Å²) in [6.07, 6.45) is 11.7. The van der Waals surface area contributed by atoms with E-state index in [1.54, 1.807) is 0 Å². The third-order valence-corrected chi connectivity index (χ3v) is 7.30. The van der Waals surface area contributed by atoms with E-state index >= 15 is 0 Å². The Bertz CT molecular complexity index is 1380. The zero-order valence-corrected chi connectivity index (χ0v) is 24.2. The highest BCUT2D eigenvalue weighted by molar-refractivity contribution is 7.75. The van der Waals surface area contributed by atoms with Crippen molar-refractivity contribution in [1.82, 2.24) is 0 Å². The smallest absolute Gasteiger partial charge is 0.305 e. The van der Waals surface area contributed by atoms with Gasteiger partial charge in [0.25, 0.3) is 0 Å². The number of terminal acetylenes is 2. The molecular weight excluding hydrogens is 544 g/mol. The van der Waals surface area contributed by atoms with Crippen LogP contribution in [0.2, 0.25) is 0 Å². The van der Waals surface area contributed by atoms with Gasteiger partial charge in [0, 0.05) is 24.0 Å². The van der Waals surface area contributed by atoms with E-state index in [1.807, 2.05) is 109 Å². The molecule has 2 atom stereocenters. The van der Waals surface area contributed by atoms with Crippen LogP contribution in [0.5, 0.6) is 11.5 Å². The van der Waals surface area contributed by atoms with Gasteiger partial charge >= 0.3 is 11.4 Å². The van der Waals surface area contributed by atoms with E-state index in [0.717, 1.165) is 22.3 Å². The van der Waals surface area contributed by atoms with Crippen LogP contribution in [0, 0.1) is 24.7 Å². The monoisotopic (exact) mass is 578 g/mol. The molecule has 0 radical (unpaired) electrons. The van der Waals surface area contributed by atoms with Crippen molar-refractivity contribution < 1.29 is 22.0 Å². The molecule has 0 saturated carbocycles. The van der Waals surface area contributed by atoms with Crippen LogP contribution in [-0.2, 0) is 19.7 Å². The van der Waals surface area contributed by atoms with Gasteiger partial charge in [0.1, 0.15) is 36.9 Å². The van der Waals surface area contributed by atoms with Gasteiger partial charge in [0.05, 0.1) is 0 Å². The number of benzene rings is 4. The summed E-state index contributed by atoms with van der Waals surface area (Å²) in [7, 11) is 0. The van der Waals surface area contributed by atoms with Crippen LogP contribution in [-0.4, -0.2) is 29.6 Å². The summed E-state index contributed by atoms with van der Waals surface area (Å²) in [6, 6.07) is 35.5. The third-order valence-electron chi connectivity index (χ3n) is 6.44. The van der Waals surface area contributed by atoms with Crippen LogP contribution < -0.4 is 9.47 Å². The van der Waals surface area contributed by atoms with Crippen molar-refractivity contribution in [1.29, 1.82) is 0 Å². The summed E-state index contributed by atoms with van der Waals surface area (Å²) in [5.74, 6) is 6.62. The molecule has 4 rings (SSSR count). The fourth-order valence-corrected chi connectivity index (χ4v) is 5.11. The molecule has 0 bridgehead atoms. The van der Waals surface area contributed by atoms with Crippen LogP contribution in [0.3, 0.4) is 0 Å². The van der Waals surface area contributed by atoms with Crippen molar-refractivity contribution in [3.05, 3.63) is 109 Å². The van der Waals surface area contributed by atoms with Crippen molar-refractivity contribution in [2.45, 2.75) is 37.9 Å². The molecule has 0 N–H and O–H groups in total. The molecular formula is C36H34O5S. The second kappa shape index (κ2) is 16.8. The topological polar surface area (TPSA) is 54.0 Å². The molecule has 0 aliphatic carbocycles. The summed E-state index contributed by atoms with van der Waals surface area (Å²) in [6.45, 7) is 0.299. The number of rotatable bonds is 16. The average Bonchev–Trinajstić information content (AvgIpc) is 3.04. The Labute approximate surface area is 251 Å². The van der Waals surface area contributed by atoms with E-state index in [0.29, 0.717) is 37.2 Å². The van der Waals surface area contributed by atoms with E-state index in [1.165, 1.54) is 0 Å². The fraction of sp³-hybridized carbons (Fsp3) is 0.222. The van der Waals surface area contributed by atoms with Gasteiger partial charge in [-0.2, -0.15) is 4.21 Å². The van der Waals surface area contributed by atoms with Gasteiger partial charge in [-0.1, -0.05) is 97.1 Å². The first-order chi connectivity index (χ1) is 20.7. The lowest BCUT2D eigenvalue weighted by atomic mass is 10.0. The predicted octanol–water partition coefficient (Wildman–Crippen LogP) is 7.65. The van der Waals surface area contributed by atoms with Gasteiger partial charge in [0.15, 0.2) is 0 Å². The average molecular weight is 579 g/mol. The molecule has 2 unspecified atom stereocenters. The van der Waals surface area contributed by atoms with Crippen molar-refractivity contribution in [2.24, 2.45) is 0 Å². The van der Waals surface area contributed by atoms with Crippen LogP contribution in [0.4, 0.5) is 0 Å². The zero-order valence-electron chi connectivity index (χ0n) is 23.4. The van der Waals surface area contributed by atoms with Crippen molar-refractivity contribution in [3.63, 3.8) is 0 Å². The molecule has 5 nitrogen and oxygen atoms in total. The first-order valence-corrected chi connectivity index (χ1v) is 14.9. The highest BCUT2D eigenvalue weighted by Crippen LogP contribution is 2.31. The van der Waals surface area contributed by atoms with E-state index in [-0.39, 0.29) is 13.2 Å². The molecule has 42 heavy (non-hydrogen) atoms. The third kappa shape index (κ3) is 9.36. The number of hydrogen-bond donors (Lipinski definition) is 0. The maximum absolute atomic E-state index is 13.0. The Balaban J connectivity index is 1.39. The summed E-state index contributed by atoms with van der Waals surface area (Å²) < 4.78 is 36.9. The summed E-state index contributed by atoms with van der Waals surface area (Å²) in [5, 5.41) is 0. The normalized spacial score (nSPS) is 12.8. The Hall–Kier alpha value is -4.33. The quantitative estimate of drug-likeness (QED) is 0.128. The number of para-hydroxylation sites is 2. The molecule has 0 amide bonds. The molecule has 6 heteroatoms. The molecule has 4 aromatic rings. The highest BCUT2D eigenvalue weighted by Gasteiger charge is 2.21. The predicted molar refractivity (Wildman–Crippen MR) is 169 cm³/mol. The van der Waals surface area contributed by atoms with Crippen molar-refractivity contribution in [2.75, 3.05) is 13.2 Å². The first kappa shape index (κ1) is 30.6. The minimum absolute atomic E-state index is 0.149. The largest absolute Gasteiger partial charge is 0.490 e. The molecule has 0 heterocycles. The standard InChI is InChI=1S/C36H34O5S/c1-3-5-21-31(27-38-35-25-15-13-23-33(35)29-17-9-7-10-18-29)40-42(37)41-32(22-6-4-2)28-39-36-26-16-14-24-34(36)30-19-11-8-12-20-30/h1-2,7-20,23-26,31-32H,5-6,21-22,27-28H2. The van der Waals surface area contributed by atoms with E-state index in [4.69, 9.17) is 30.7 Å². The molecule has 0 aliphatic rings. The lowest BCUT2D eigenvalue weighted by Gasteiger charge is -2.21. The summed E-state index contributed by atoms with van der Waals surface area (Å²) in [4.78, 5) is 0. The van der Waals surface area contributed by atoms with Gasteiger partial charge in [0.2, 0.25) is 0 Å². The van der Waals surface area contributed by atoms with Gasteiger partial charge < -0.3 is 9.47 Å². The van der Waals surface area contributed by atoms with Gasteiger partial charge in [-0.15, -0.1) is 24.7 Å². The van der Waals surface area contributed by atoms with Crippen molar-refractivity contribution >= 4 is 11.4 Å². The zero-order chi connectivity index (χ0) is 29.4. The molecule has 0 fully saturated rings. The molecule has 0 aromatic heterocycles. The number of ether oxygens (including phenoxy) is 2. The van der Waals surface area contributed by atoms with Gasteiger partial charge in [-0.25, -0.2) is 0 Å². The van der Waals surface area contributed by atoms with Crippen LogP contribution >= 0.6 is 0 Å². The lowest BCUT2D eigenvalue weighted by Crippen LogP contribution is -2.28. The Morgan fingerprint density at radius 3 is 1.36 bits per heavy atom. The fourth-order valence-electron chi connectivity index (χ4n) is 4.31. The summed E-state index contributed by atoms with van der Waals surface area (Å²) >= 11 is -2.08. The van der Waals surface area contributed by atoms with E-state index < -0.39 is 23.6 Å². The molecule has 0 saturated heterocycles. The molecule has 0 spiro atoms. The maximum Gasteiger partial charge on any atom is 0.305 e. The first-order valence-electron chi connectivity index (χ1n) is 13.9. The van der Waals surface area contributed by atoms with Crippen LogP contribution in [0.15, 0.2) is 109 Å². The molecule has 0 aliphatic heterocycles. The second-order valence-corrected chi connectivity index (χ2v) is 10.3.